The van der Waals surface area contributed by atoms with Gasteiger partial charge in [-0.3, -0.25) is 9.59 Å². The van der Waals surface area contributed by atoms with Crippen LogP contribution in [0.2, 0.25) is 1.41 Å². The van der Waals surface area contributed by atoms with Crippen molar-refractivity contribution in [2.24, 2.45) is 5.92 Å². The minimum Gasteiger partial charge on any atom is -0.336 e. The van der Waals surface area contributed by atoms with Crippen LogP contribution in [-0.4, -0.2) is 40.9 Å². The highest BCUT2D eigenvalue weighted by Gasteiger charge is 2.43. The molecule has 0 radical (unpaired) electrons. The average Bonchev–Trinajstić information content (AvgIpc) is 2.94. The fourth-order valence-corrected chi connectivity index (χ4v) is 3.28. The molecule has 3 aliphatic heterocycles. The zero-order chi connectivity index (χ0) is 15.4. The molecule has 6 heteroatoms. The van der Waals surface area contributed by atoms with Crippen LogP contribution in [0.3, 0.4) is 0 Å². The van der Waals surface area contributed by atoms with E-state index in [1.165, 1.54) is 29.7 Å². The van der Waals surface area contributed by atoms with Crippen molar-refractivity contribution in [2.75, 3.05) is 13.1 Å². The summed E-state index contributed by atoms with van der Waals surface area (Å²) in [5.41, 5.74) is 2.11. The molecule has 0 saturated heterocycles. The Balaban J connectivity index is 1.57. The van der Waals surface area contributed by atoms with Crippen molar-refractivity contribution in [3.05, 3.63) is 23.2 Å². The van der Waals surface area contributed by atoms with Gasteiger partial charge < -0.3 is 10.2 Å². The molecule has 0 bridgehead atoms. The summed E-state index contributed by atoms with van der Waals surface area (Å²) < 4.78 is 8.07. The third-order valence-corrected chi connectivity index (χ3v) is 4.82. The molecule has 21 heavy (non-hydrogen) atoms. The highest BCUT2D eigenvalue weighted by atomic mass is 16.2. The standard InChI is InChI=1S/C15H20N4O2/c1-2-10-6-12-16-13-11(14(20)19(12)17-10)8-18(15(13)21)7-9-4-3-5-9/h6,9-10,16-17H,2-5,7-8H2,1H3/i/hD. The molecule has 1 aliphatic carbocycles. The summed E-state index contributed by atoms with van der Waals surface area (Å²) in [6.07, 6.45) is 6.17. The number of amides is 2. The summed E-state index contributed by atoms with van der Waals surface area (Å²) in [7, 11) is 0. The minimum absolute atomic E-state index is 0.0766. The van der Waals surface area contributed by atoms with Gasteiger partial charge in [-0.1, -0.05) is 13.3 Å². The van der Waals surface area contributed by atoms with E-state index in [0.29, 0.717) is 29.6 Å². The van der Waals surface area contributed by atoms with Gasteiger partial charge in [0, 0.05) is 12.6 Å². The number of hydrazine groups is 1. The molecule has 0 aromatic carbocycles. The van der Waals surface area contributed by atoms with E-state index in [-0.39, 0.29) is 17.9 Å². The highest BCUT2D eigenvalue weighted by Crippen LogP contribution is 2.32. The van der Waals surface area contributed by atoms with Crippen LogP contribution >= 0.6 is 0 Å². The van der Waals surface area contributed by atoms with Crippen molar-refractivity contribution >= 4 is 11.8 Å². The number of carbonyl (C=O) groups excluding carboxylic acids is 2. The largest absolute Gasteiger partial charge is 0.336 e. The van der Waals surface area contributed by atoms with Crippen LogP contribution in [0.5, 0.6) is 0 Å². The predicted octanol–water partition coefficient (Wildman–Crippen LogP) is 0.453. The Morgan fingerprint density at radius 2 is 2.19 bits per heavy atom. The third-order valence-electron chi connectivity index (χ3n) is 4.82. The maximum absolute atomic E-state index is 12.7. The lowest BCUT2D eigenvalue weighted by Crippen LogP contribution is -2.48. The molecule has 4 aliphatic rings. The molecule has 1 fully saturated rings. The maximum Gasteiger partial charge on any atom is 0.274 e. The second kappa shape index (κ2) is 4.59. The minimum atomic E-state index is -0.240. The number of hydrogen-bond acceptors (Lipinski definition) is 4. The summed E-state index contributed by atoms with van der Waals surface area (Å²) in [6.45, 7) is 3.08. The average molecular weight is 289 g/mol. The molecule has 0 aromatic heterocycles. The van der Waals surface area contributed by atoms with Crippen molar-refractivity contribution in [1.29, 1.82) is 0 Å². The zero-order valence-electron chi connectivity index (χ0n) is 13.1. The van der Waals surface area contributed by atoms with Crippen LogP contribution in [0.15, 0.2) is 23.2 Å². The van der Waals surface area contributed by atoms with E-state index >= 15 is 0 Å². The zero-order valence-corrected chi connectivity index (χ0v) is 12.1. The van der Waals surface area contributed by atoms with Crippen LogP contribution in [-0.2, 0) is 9.59 Å². The van der Waals surface area contributed by atoms with Gasteiger partial charge in [0.2, 0.25) is 0 Å². The molecule has 1 atom stereocenters. The topological polar surface area (TPSA) is 64.7 Å². The van der Waals surface area contributed by atoms with Crippen LogP contribution < -0.4 is 10.7 Å². The monoisotopic (exact) mass is 289 g/mol. The second-order valence-electron chi connectivity index (χ2n) is 6.22. The first-order valence-electron chi connectivity index (χ1n) is 8.18. The molecular weight excluding hydrogens is 268 g/mol. The molecule has 1 unspecified atom stereocenters. The van der Waals surface area contributed by atoms with E-state index in [1.807, 2.05) is 13.0 Å². The molecule has 3 heterocycles. The van der Waals surface area contributed by atoms with Gasteiger partial charge in [-0.05, 0) is 31.3 Å². The summed E-state index contributed by atoms with van der Waals surface area (Å²) in [5, 5.41) is 4.42. The highest BCUT2D eigenvalue weighted by molar-refractivity contribution is 6.10. The van der Waals surface area contributed by atoms with Crippen molar-refractivity contribution in [3.8, 4) is 0 Å². The fourth-order valence-electron chi connectivity index (χ4n) is 3.28. The summed E-state index contributed by atoms with van der Waals surface area (Å²) in [5.74, 6) is 0.809. The number of hydrogen-bond donors (Lipinski definition) is 2. The second-order valence-corrected chi connectivity index (χ2v) is 6.22. The Labute approximate surface area is 125 Å². The summed E-state index contributed by atoms with van der Waals surface area (Å²) in [6, 6.07) is -0.132. The normalized spacial score (nSPS) is 30.0. The first-order chi connectivity index (χ1) is 10.6. The number of nitrogens with zero attached hydrogens (tertiary/aromatic N) is 2. The summed E-state index contributed by atoms with van der Waals surface area (Å²) >= 11 is 0. The van der Waals surface area contributed by atoms with E-state index in [9.17, 15) is 9.59 Å². The lowest BCUT2D eigenvalue weighted by molar-refractivity contribution is -0.129. The van der Waals surface area contributed by atoms with Gasteiger partial charge in [0.1, 0.15) is 12.9 Å². The first kappa shape index (κ1) is 11.8. The van der Waals surface area contributed by atoms with Gasteiger partial charge in [0.25, 0.3) is 11.8 Å². The lowest BCUT2D eigenvalue weighted by atomic mass is 9.85. The van der Waals surface area contributed by atoms with Gasteiger partial charge in [-0.2, -0.15) is 0 Å². The first-order valence-corrected chi connectivity index (χ1v) is 7.74. The number of rotatable bonds is 3. The number of fused-ring (bicyclic) bond motifs is 1. The molecule has 1 saturated carbocycles. The predicted molar refractivity (Wildman–Crippen MR) is 76.2 cm³/mol. The van der Waals surface area contributed by atoms with Crippen LogP contribution in [0.1, 0.15) is 32.6 Å². The number of carbonyl (C=O) groups is 2. The summed E-state index contributed by atoms with van der Waals surface area (Å²) in [4.78, 5) is 27.0. The Morgan fingerprint density at radius 3 is 2.86 bits per heavy atom. The lowest BCUT2D eigenvalue weighted by Gasteiger charge is -2.30. The van der Waals surface area contributed by atoms with Gasteiger partial charge in [0.15, 0.2) is 0 Å². The Bertz CT molecular complexity index is 611. The van der Waals surface area contributed by atoms with Crippen LogP contribution in [0, 0.1) is 5.92 Å². The van der Waals surface area contributed by atoms with Gasteiger partial charge >= 0.3 is 0 Å². The van der Waals surface area contributed by atoms with Gasteiger partial charge in [-0.15, -0.1) is 0 Å². The van der Waals surface area contributed by atoms with Crippen molar-refractivity contribution in [2.45, 2.75) is 38.6 Å². The Kier molecular flexibility index (Phi) is 2.58. The van der Waals surface area contributed by atoms with Crippen LogP contribution in [0.25, 0.3) is 0 Å². The fraction of sp³-hybridized carbons (Fsp3) is 0.600. The Morgan fingerprint density at radius 1 is 1.38 bits per heavy atom. The quantitative estimate of drug-likeness (QED) is 0.792. The molecule has 112 valence electrons. The van der Waals surface area contributed by atoms with Crippen molar-refractivity contribution in [1.82, 2.24) is 20.6 Å². The van der Waals surface area contributed by atoms with Crippen molar-refractivity contribution < 1.29 is 11.0 Å². The van der Waals surface area contributed by atoms with Gasteiger partial charge in [-0.25, -0.2) is 10.4 Å². The molecule has 4 rings (SSSR count). The Hall–Kier alpha value is -1.82. The molecule has 0 spiro atoms. The van der Waals surface area contributed by atoms with Gasteiger partial charge in [0.05, 0.1) is 12.1 Å². The van der Waals surface area contributed by atoms with E-state index in [1.54, 1.807) is 4.90 Å². The molecule has 2 N–H and O–H groups in total. The SMILES string of the molecule is [2H]N1C(CC)C=C2NC3=C(CN(CC4CCC4)C3=O)C(=O)N21. The van der Waals surface area contributed by atoms with Crippen molar-refractivity contribution in [3.63, 3.8) is 0 Å². The van der Waals surface area contributed by atoms with E-state index in [4.69, 9.17) is 1.41 Å². The van der Waals surface area contributed by atoms with Crippen LogP contribution in [0.4, 0.5) is 0 Å². The van der Waals surface area contributed by atoms with E-state index < -0.39 is 0 Å². The van der Waals surface area contributed by atoms with E-state index in [2.05, 4.69) is 5.32 Å². The number of nitrogens with one attached hydrogen (secondary N) is 2. The maximum atomic E-state index is 12.7. The molecular formula is C15H20N4O2. The molecule has 2 amide bonds. The molecule has 0 aromatic rings. The third kappa shape index (κ3) is 1.89. The smallest absolute Gasteiger partial charge is 0.274 e. The molecule has 6 nitrogen and oxygen atoms in total. The van der Waals surface area contributed by atoms with E-state index in [0.717, 1.165) is 13.0 Å².